The molecule has 0 saturated carbocycles. The maximum atomic E-state index is 12.1. The Hall–Kier alpha value is -2.18. The zero-order chi connectivity index (χ0) is 15.5. The van der Waals surface area contributed by atoms with Crippen LogP contribution >= 0.6 is 0 Å². The van der Waals surface area contributed by atoms with E-state index >= 15 is 0 Å². The lowest BCUT2D eigenvalue weighted by Crippen LogP contribution is -2.12. The van der Waals surface area contributed by atoms with Gasteiger partial charge in [0, 0.05) is 11.3 Å². The third-order valence-electron chi connectivity index (χ3n) is 3.01. The van der Waals surface area contributed by atoms with E-state index < -0.39 is 10.1 Å². The third-order valence-corrected chi connectivity index (χ3v) is 3.88. The van der Waals surface area contributed by atoms with Gasteiger partial charge in [0.05, 0.1) is 4.90 Å². The molecule has 0 saturated heterocycles. The molecule has 5 nitrogen and oxygen atoms in total. The molecular weight excluding hydrogens is 290 g/mol. The first-order valence-electron chi connectivity index (χ1n) is 6.38. The van der Waals surface area contributed by atoms with E-state index in [-0.39, 0.29) is 10.8 Å². The van der Waals surface area contributed by atoms with Gasteiger partial charge in [0.25, 0.3) is 16.0 Å². The SMILES string of the molecule is CCc1cccc(C(=O)Nc2ccc(S(=O)(=O)O)cc2)c1. The Balaban J connectivity index is 2.16. The molecule has 0 bridgehead atoms. The lowest BCUT2D eigenvalue weighted by Gasteiger charge is -2.07. The summed E-state index contributed by atoms with van der Waals surface area (Å²) in [7, 11) is -4.22. The topological polar surface area (TPSA) is 83.5 Å². The first kappa shape index (κ1) is 15.2. The van der Waals surface area contributed by atoms with Gasteiger partial charge in [-0.2, -0.15) is 8.42 Å². The fourth-order valence-electron chi connectivity index (χ4n) is 1.85. The second-order valence-electron chi connectivity index (χ2n) is 4.51. The summed E-state index contributed by atoms with van der Waals surface area (Å²) < 4.78 is 30.7. The largest absolute Gasteiger partial charge is 0.322 e. The van der Waals surface area contributed by atoms with Crippen LogP contribution in [0.2, 0.25) is 0 Å². The molecule has 0 atom stereocenters. The highest BCUT2D eigenvalue weighted by Gasteiger charge is 2.10. The molecule has 0 aliphatic heterocycles. The maximum absolute atomic E-state index is 12.1. The minimum atomic E-state index is -4.22. The highest BCUT2D eigenvalue weighted by atomic mass is 32.2. The average molecular weight is 305 g/mol. The van der Waals surface area contributed by atoms with Crippen LogP contribution < -0.4 is 5.32 Å². The van der Waals surface area contributed by atoms with Gasteiger partial charge < -0.3 is 5.32 Å². The van der Waals surface area contributed by atoms with Gasteiger partial charge in [-0.3, -0.25) is 9.35 Å². The molecule has 0 spiro atoms. The molecule has 2 N–H and O–H groups in total. The number of hydrogen-bond donors (Lipinski definition) is 2. The van der Waals surface area contributed by atoms with Gasteiger partial charge in [-0.15, -0.1) is 0 Å². The molecular formula is C15H15NO4S. The van der Waals surface area contributed by atoms with Gasteiger partial charge >= 0.3 is 0 Å². The van der Waals surface area contributed by atoms with E-state index in [1.807, 2.05) is 25.1 Å². The van der Waals surface area contributed by atoms with Gasteiger partial charge in [0.15, 0.2) is 0 Å². The molecule has 0 aromatic heterocycles. The van der Waals surface area contributed by atoms with Gasteiger partial charge in [0.1, 0.15) is 0 Å². The number of benzene rings is 2. The van der Waals surface area contributed by atoms with Crippen molar-refractivity contribution in [2.45, 2.75) is 18.2 Å². The molecule has 2 aromatic carbocycles. The molecule has 0 aliphatic carbocycles. The van der Waals surface area contributed by atoms with Crippen LogP contribution in [0.3, 0.4) is 0 Å². The second-order valence-corrected chi connectivity index (χ2v) is 5.93. The van der Waals surface area contributed by atoms with Crippen molar-refractivity contribution in [2.75, 3.05) is 5.32 Å². The van der Waals surface area contributed by atoms with E-state index in [1.165, 1.54) is 24.3 Å². The van der Waals surface area contributed by atoms with E-state index in [2.05, 4.69) is 5.32 Å². The molecule has 0 radical (unpaired) electrons. The first-order chi connectivity index (χ1) is 9.90. The number of aryl methyl sites for hydroxylation is 1. The molecule has 0 fully saturated rings. The number of amides is 1. The second kappa shape index (κ2) is 6.07. The molecule has 2 rings (SSSR count). The molecule has 21 heavy (non-hydrogen) atoms. The Morgan fingerprint density at radius 1 is 1.14 bits per heavy atom. The Bertz CT molecular complexity index is 751. The fraction of sp³-hybridized carbons (Fsp3) is 0.133. The van der Waals surface area contributed by atoms with Crippen molar-refractivity contribution in [3.05, 3.63) is 59.7 Å². The third kappa shape index (κ3) is 3.90. The predicted molar refractivity (Wildman–Crippen MR) is 80.0 cm³/mol. The van der Waals surface area contributed by atoms with Crippen molar-refractivity contribution in [1.82, 2.24) is 0 Å². The number of rotatable bonds is 4. The minimum Gasteiger partial charge on any atom is -0.322 e. The van der Waals surface area contributed by atoms with Gasteiger partial charge in [-0.1, -0.05) is 19.1 Å². The summed E-state index contributed by atoms with van der Waals surface area (Å²) in [6.07, 6.45) is 0.837. The van der Waals surface area contributed by atoms with Gasteiger partial charge in [-0.25, -0.2) is 0 Å². The molecule has 0 aliphatic rings. The predicted octanol–water partition coefficient (Wildman–Crippen LogP) is 2.75. The van der Waals surface area contributed by atoms with E-state index in [0.717, 1.165) is 12.0 Å². The van der Waals surface area contributed by atoms with Crippen molar-refractivity contribution in [2.24, 2.45) is 0 Å². The van der Waals surface area contributed by atoms with Crippen LogP contribution in [0.15, 0.2) is 53.4 Å². The Labute approximate surface area is 123 Å². The Kier molecular flexibility index (Phi) is 4.40. The highest BCUT2D eigenvalue weighted by Crippen LogP contribution is 2.15. The number of carbonyl (C=O) groups is 1. The Morgan fingerprint density at radius 2 is 1.81 bits per heavy atom. The van der Waals surface area contributed by atoms with Crippen LogP contribution in [0.4, 0.5) is 5.69 Å². The fourth-order valence-corrected chi connectivity index (χ4v) is 2.33. The summed E-state index contributed by atoms with van der Waals surface area (Å²) in [4.78, 5) is 11.9. The number of carbonyl (C=O) groups excluding carboxylic acids is 1. The van der Waals surface area contributed by atoms with Gasteiger partial charge in [-0.05, 0) is 48.4 Å². The average Bonchev–Trinajstić information content (AvgIpc) is 2.47. The number of anilines is 1. The van der Waals surface area contributed by atoms with Crippen molar-refractivity contribution in [1.29, 1.82) is 0 Å². The van der Waals surface area contributed by atoms with E-state index in [0.29, 0.717) is 11.3 Å². The highest BCUT2D eigenvalue weighted by molar-refractivity contribution is 7.85. The van der Waals surface area contributed by atoms with Crippen LogP contribution in [0, 0.1) is 0 Å². The van der Waals surface area contributed by atoms with Crippen LogP contribution in [-0.2, 0) is 16.5 Å². The number of nitrogens with one attached hydrogen (secondary N) is 1. The molecule has 6 heteroatoms. The lowest BCUT2D eigenvalue weighted by molar-refractivity contribution is 0.102. The molecule has 110 valence electrons. The van der Waals surface area contributed by atoms with Crippen LogP contribution in [0.5, 0.6) is 0 Å². The summed E-state index contributed by atoms with van der Waals surface area (Å²) >= 11 is 0. The maximum Gasteiger partial charge on any atom is 0.294 e. The molecule has 0 heterocycles. The van der Waals surface area contributed by atoms with Crippen LogP contribution in [0.25, 0.3) is 0 Å². The van der Waals surface area contributed by atoms with Crippen molar-refractivity contribution < 1.29 is 17.8 Å². The zero-order valence-corrected chi connectivity index (χ0v) is 12.2. The lowest BCUT2D eigenvalue weighted by atomic mass is 10.1. The van der Waals surface area contributed by atoms with Gasteiger partial charge in [0.2, 0.25) is 0 Å². The monoisotopic (exact) mass is 305 g/mol. The first-order valence-corrected chi connectivity index (χ1v) is 7.82. The Morgan fingerprint density at radius 3 is 2.38 bits per heavy atom. The summed E-state index contributed by atoms with van der Waals surface area (Å²) in [5.41, 5.74) is 2.05. The summed E-state index contributed by atoms with van der Waals surface area (Å²) in [6, 6.07) is 12.6. The van der Waals surface area contributed by atoms with Crippen molar-refractivity contribution in [3.8, 4) is 0 Å². The van der Waals surface area contributed by atoms with E-state index in [4.69, 9.17) is 4.55 Å². The normalized spacial score (nSPS) is 11.1. The summed E-state index contributed by atoms with van der Waals surface area (Å²) in [6.45, 7) is 2.01. The zero-order valence-electron chi connectivity index (χ0n) is 11.4. The van der Waals surface area contributed by atoms with E-state index in [1.54, 1.807) is 6.07 Å². The van der Waals surface area contributed by atoms with Crippen LogP contribution in [-0.4, -0.2) is 18.9 Å². The van der Waals surface area contributed by atoms with E-state index in [9.17, 15) is 13.2 Å². The van der Waals surface area contributed by atoms with Crippen molar-refractivity contribution >= 4 is 21.7 Å². The smallest absolute Gasteiger partial charge is 0.294 e. The molecule has 0 unspecified atom stereocenters. The quantitative estimate of drug-likeness (QED) is 0.851. The van der Waals surface area contributed by atoms with Crippen molar-refractivity contribution in [3.63, 3.8) is 0 Å². The minimum absolute atomic E-state index is 0.214. The van der Waals surface area contributed by atoms with Crippen LogP contribution in [0.1, 0.15) is 22.8 Å². The molecule has 2 aromatic rings. The molecule has 1 amide bonds. The summed E-state index contributed by atoms with van der Waals surface area (Å²) in [5.74, 6) is -0.273. The number of hydrogen-bond acceptors (Lipinski definition) is 3. The standard InChI is InChI=1S/C15H15NO4S/c1-2-11-4-3-5-12(10-11)15(17)16-13-6-8-14(9-7-13)21(18,19)20/h3-10H,2H2,1H3,(H,16,17)(H,18,19,20). The summed E-state index contributed by atoms with van der Waals surface area (Å²) in [5, 5.41) is 2.67.